The first-order chi connectivity index (χ1) is 10.1. The molecule has 0 bridgehead atoms. The van der Waals surface area contributed by atoms with Gasteiger partial charge in [0.2, 0.25) is 0 Å². The highest BCUT2D eigenvalue weighted by Crippen LogP contribution is 2.19. The molecule has 0 aliphatic heterocycles. The van der Waals surface area contributed by atoms with Crippen molar-refractivity contribution in [2.24, 2.45) is 4.99 Å². The van der Waals surface area contributed by atoms with Crippen molar-refractivity contribution in [1.82, 2.24) is 0 Å². The van der Waals surface area contributed by atoms with Gasteiger partial charge in [-0.2, -0.15) is 0 Å². The van der Waals surface area contributed by atoms with Gasteiger partial charge in [0.15, 0.2) is 0 Å². The first-order valence-corrected chi connectivity index (χ1v) is 6.80. The van der Waals surface area contributed by atoms with Crippen molar-refractivity contribution < 1.29 is 9.53 Å². The van der Waals surface area contributed by atoms with Gasteiger partial charge in [0.1, 0.15) is 6.21 Å². The van der Waals surface area contributed by atoms with Crippen LogP contribution in [0.5, 0.6) is 0 Å². The molecule has 2 rings (SSSR count). The van der Waals surface area contributed by atoms with E-state index in [1.165, 1.54) is 6.21 Å². The second-order valence-corrected chi connectivity index (χ2v) is 4.78. The maximum absolute atomic E-state index is 11.4. The Bertz CT molecular complexity index is 604. The standard InChI is InChI=1S/C17H18N2O2/c1-13(2)21-17(20)12-18-14-8-10-16(11-9-14)19-15-6-4-3-5-7-15/h3-13,19H,1-2H3. The maximum Gasteiger partial charge on any atom is 0.349 e. The Morgan fingerprint density at radius 3 is 2.29 bits per heavy atom. The van der Waals surface area contributed by atoms with E-state index in [9.17, 15) is 4.79 Å². The summed E-state index contributed by atoms with van der Waals surface area (Å²) in [5.74, 6) is -0.434. The smallest absolute Gasteiger partial charge is 0.349 e. The summed E-state index contributed by atoms with van der Waals surface area (Å²) >= 11 is 0. The van der Waals surface area contributed by atoms with Gasteiger partial charge in [-0.1, -0.05) is 18.2 Å². The summed E-state index contributed by atoms with van der Waals surface area (Å²) in [4.78, 5) is 15.4. The molecule has 0 aromatic heterocycles. The largest absolute Gasteiger partial charge is 0.459 e. The number of nitrogens with zero attached hydrogens (tertiary/aromatic N) is 1. The molecule has 0 amide bonds. The Hall–Kier alpha value is -2.62. The van der Waals surface area contributed by atoms with Crippen molar-refractivity contribution in [3.05, 3.63) is 54.6 Å². The van der Waals surface area contributed by atoms with Crippen molar-refractivity contribution in [2.75, 3.05) is 5.32 Å². The first kappa shape index (κ1) is 14.8. The normalized spacial score (nSPS) is 10.8. The zero-order valence-corrected chi connectivity index (χ0v) is 12.1. The highest BCUT2D eigenvalue weighted by molar-refractivity contribution is 6.23. The molecule has 4 heteroatoms. The fraction of sp³-hybridized carbons (Fsp3) is 0.176. The fourth-order valence-corrected chi connectivity index (χ4v) is 1.71. The zero-order valence-electron chi connectivity index (χ0n) is 12.1. The van der Waals surface area contributed by atoms with Gasteiger partial charge in [0.05, 0.1) is 11.8 Å². The van der Waals surface area contributed by atoms with Gasteiger partial charge in [-0.05, 0) is 50.2 Å². The second-order valence-electron chi connectivity index (χ2n) is 4.78. The molecule has 0 aliphatic carbocycles. The van der Waals surface area contributed by atoms with Crippen molar-refractivity contribution in [3.63, 3.8) is 0 Å². The van der Waals surface area contributed by atoms with E-state index in [1.54, 1.807) is 13.8 Å². The molecule has 0 fully saturated rings. The molecule has 0 aliphatic rings. The van der Waals surface area contributed by atoms with Crippen LogP contribution in [0.25, 0.3) is 0 Å². The Balaban J connectivity index is 1.96. The van der Waals surface area contributed by atoms with E-state index in [0.29, 0.717) is 5.69 Å². The molecule has 0 heterocycles. The van der Waals surface area contributed by atoms with Crippen LogP contribution >= 0.6 is 0 Å². The topological polar surface area (TPSA) is 50.7 Å². The average molecular weight is 282 g/mol. The van der Waals surface area contributed by atoms with E-state index in [0.717, 1.165) is 11.4 Å². The van der Waals surface area contributed by atoms with Crippen LogP contribution in [-0.4, -0.2) is 18.3 Å². The van der Waals surface area contributed by atoms with Gasteiger partial charge in [-0.25, -0.2) is 9.79 Å². The molecule has 0 radical (unpaired) electrons. The third-order valence-corrected chi connectivity index (χ3v) is 2.60. The van der Waals surface area contributed by atoms with Crippen LogP contribution in [-0.2, 0) is 9.53 Å². The number of ether oxygens (including phenoxy) is 1. The monoisotopic (exact) mass is 282 g/mol. The van der Waals surface area contributed by atoms with Gasteiger partial charge in [-0.15, -0.1) is 0 Å². The van der Waals surface area contributed by atoms with E-state index in [2.05, 4.69) is 10.3 Å². The van der Waals surface area contributed by atoms with Gasteiger partial charge < -0.3 is 10.1 Å². The van der Waals surface area contributed by atoms with E-state index in [-0.39, 0.29) is 6.10 Å². The molecule has 0 unspecified atom stereocenters. The van der Waals surface area contributed by atoms with E-state index in [4.69, 9.17) is 4.74 Å². The SMILES string of the molecule is CC(C)OC(=O)C=Nc1ccc(Nc2ccccc2)cc1. The lowest BCUT2D eigenvalue weighted by Gasteiger charge is -2.06. The first-order valence-electron chi connectivity index (χ1n) is 6.80. The fourth-order valence-electron chi connectivity index (χ4n) is 1.71. The lowest BCUT2D eigenvalue weighted by atomic mass is 10.2. The van der Waals surface area contributed by atoms with Crippen LogP contribution in [0.4, 0.5) is 17.1 Å². The molecule has 0 atom stereocenters. The number of para-hydroxylation sites is 1. The maximum atomic E-state index is 11.4. The van der Waals surface area contributed by atoms with Gasteiger partial charge in [0, 0.05) is 11.4 Å². The quantitative estimate of drug-likeness (QED) is 0.664. The van der Waals surface area contributed by atoms with Crippen molar-refractivity contribution in [1.29, 1.82) is 0 Å². The number of rotatable bonds is 5. The predicted molar refractivity (Wildman–Crippen MR) is 85.5 cm³/mol. The Morgan fingerprint density at radius 1 is 1.05 bits per heavy atom. The van der Waals surface area contributed by atoms with E-state index in [1.807, 2.05) is 54.6 Å². The number of carbonyl (C=O) groups excluding carboxylic acids is 1. The molecule has 2 aromatic rings. The number of carbonyl (C=O) groups is 1. The minimum absolute atomic E-state index is 0.138. The minimum Gasteiger partial charge on any atom is -0.459 e. The number of hydrogen-bond donors (Lipinski definition) is 1. The molecule has 108 valence electrons. The summed E-state index contributed by atoms with van der Waals surface area (Å²) in [6, 6.07) is 17.4. The van der Waals surface area contributed by atoms with Crippen LogP contribution in [0.1, 0.15) is 13.8 Å². The molecule has 0 spiro atoms. The van der Waals surface area contributed by atoms with Crippen LogP contribution in [0, 0.1) is 0 Å². The molecular weight excluding hydrogens is 264 g/mol. The van der Waals surface area contributed by atoms with Crippen LogP contribution in [0.15, 0.2) is 59.6 Å². The Labute approximate surface area is 124 Å². The summed E-state index contributed by atoms with van der Waals surface area (Å²) in [5.41, 5.74) is 2.69. The van der Waals surface area contributed by atoms with Crippen LogP contribution in [0.3, 0.4) is 0 Å². The van der Waals surface area contributed by atoms with Crippen molar-refractivity contribution in [2.45, 2.75) is 20.0 Å². The zero-order chi connectivity index (χ0) is 15.1. The number of esters is 1. The molecule has 21 heavy (non-hydrogen) atoms. The third kappa shape index (κ3) is 5.10. The molecule has 1 N–H and O–H groups in total. The highest BCUT2D eigenvalue weighted by Gasteiger charge is 2.01. The number of benzene rings is 2. The second kappa shape index (κ2) is 7.24. The Kier molecular flexibility index (Phi) is 5.10. The number of aliphatic imine (C=N–C) groups is 1. The summed E-state index contributed by atoms with van der Waals surface area (Å²) < 4.78 is 4.97. The molecule has 0 saturated carbocycles. The van der Waals surface area contributed by atoms with Crippen molar-refractivity contribution >= 4 is 29.2 Å². The predicted octanol–water partition coefficient (Wildman–Crippen LogP) is 4.08. The minimum atomic E-state index is -0.434. The third-order valence-electron chi connectivity index (χ3n) is 2.60. The van der Waals surface area contributed by atoms with Gasteiger partial charge in [-0.3, -0.25) is 0 Å². The van der Waals surface area contributed by atoms with Gasteiger partial charge in [0.25, 0.3) is 0 Å². The molecular formula is C17H18N2O2. The van der Waals surface area contributed by atoms with E-state index < -0.39 is 5.97 Å². The van der Waals surface area contributed by atoms with Gasteiger partial charge >= 0.3 is 5.97 Å². The van der Waals surface area contributed by atoms with Crippen LogP contribution in [0.2, 0.25) is 0 Å². The lowest BCUT2D eigenvalue weighted by Crippen LogP contribution is -2.11. The summed E-state index contributed by atoms with van der Waals surface area (Å²) in [6.07, 6.45) is 1.06. The number of nitrogens with one attached hydrogen (secondary N) is 1. The summed E-state index contributed by atoms with van der Waals surface area (Å²) in [7, 11) is 0. The van der Waals surface area contributed by atoms with Crippen LogP contribution < -0.4 is 5.32 Å². The lowest BCUT2D eigenvalue weighted by molar-refractivity contribution is -0.138. The number of anilines is 2. The summed E-state index contributed by atoms with van der Waals surface area (Å²) in [6.45, 7) is 3.60. The highest BCUT2D eigenvalue weighted by atomic mass is 16.5. The van der Waals surface area contributed by atoms with Crippen molar-refractivity contribution in [3.8, 4) is 0 Å². The molecule has 4 nitrogen and oxygen atoms in total. The summed E-state index contributed by atoms with van der Waals surface area (Å²) in [5, 5.41) is 3.28. The number of hydrogen-bond acceptors (Lipinski definition) is 4. The molecule has 2 aromatic carbocycles. The average Bonchev–Trinajstić information content (AvgIpc) is 2.47. The van der Waals surface area contributed by atoms with E-state index >= 15 is 0 Å². The Morgan fingerprint density at radius 2 is 1.67 bits per heavy atom. The molecule has 0 saturated heterocycles.